The Morgan fingerprint density at radius 2 is 2.07 bits per heavy atom. The van der Waals surface area contributed by atoms with E-state index in [1.165, 1.54) is 0 Å². The summed E-state index contributed by atoms with van der Waals surface area (Å²) in [6, 6.07) is 0. The molecule has 2 aliphatic rings. The molecule has 2 heterocycles. The number of likely N-dealkylation sites (tertiary alicyclic amines) is 1. The summed E-state index contributed by atoms with van der Waals surface area (Å²) in [5, 5.41) is -0.479. The van der Waals surface area contributed by atoms with Gasteiger partial charge in [0.1, 0.15) is 5.38 Å². The topological polar surface area (TPSA) is 29.5 Å². The maximum absolute atomic E-state index is 12.0. The second-order valence-corrected chi connectivity index (χ2v) is 4.97. The molecule has 2 fully saturated rings. The van der Waals surface area contributed by atoms with Gasteiger partial charge in [-0.3, -0.25) is 4.79 Å². The Hall–Kier alpha value is -0.280. The van der Waals surface area contributed by atoms with Crippen LogP contribution in [0.5, 0.6) is 0 Å². The van der Waals surface area contributed by atoms with E-state index in [1.807, 2.05) is 11.8 Å². The highest BCUT2D eigenvalue weighted by Gasteiger charge is 2.35. The van der Waals surface area contributed by atoms with Gasteiger partial charge in [0, 0.05) is 13.1 Å². The number of alkyl halides is 1. The molecule has 0 saturated carbocycles. The smallest absolute Gasteiger partial charge is 0.243 e. The van der Waals surface area contributed by atoms with Gasteiger partial charge in [0.15, 0.2) is 0 Å². The molecular weight excluding hydrogens is 214 g/mol. The summed E-state index contributed by atoms with van der Waals surface area (Å²) < 4.78 is 5.62. The third-order valence-corrected chi connectivity index (χ3v) is 3.71. The first kappa shape index (κ1) is 11.2. The highest BCUT2D eigenvalue weighted by atomic mass is 35.5. The van der Waals surface area contributed by atoms with Crippen molar-refractivity contribution in [2.75, 3.05) is 13.1 Å². The van der Waals surface area contributed by atoms with Crippen molar-refractivity contribution in [1.29, 1.82) is 0 Å². The van der Waals surface area contributed by atoms with E-state index in [2.05, 4.69) is 0 Å². The molecule has 2 saturated heterocycles. The molecule has 0 radical (unpaired) electrons. The van der Waals surface area contributed by atoms with Gasteiger partial charge >= 0.3 is 0 Å². The van der Waals surface area contributed by atoms with Crippen molar-refractivity contribution in [2.24, 2.45) is 0 Å². The third-order valence-electron chi connectivity index (χ3n) is 3.24. The number of rotatable bonds is 2. The summed E-state index contributed by atoms with van der Waals surface area (Å²) in [5.74, 6) is 0.0632. The van der Waals surface area contributed by atoms with Gasteiger partial charge in [0.25, 0.3) is 0 Å². The Morgan fingerprint density at radius 1 is 1.40 bits per heavy atom. The monoisotopic (exact) mass is 231 g/mol. The molecule has 15 heavy (non-hydrogen) atoms. The van der Waals surface area contributed by atoms with Crippen LogP contribution in [0.15, 0.2) is 0 Å². The van der Waals surface area contributed by atoms with E-state index < -0.39 is 5.38 Å². The molecule has 0 aliphatic carbocycles. The van der Waals surface area contributed by atoms with Crippen molar-refractivity contribution >= 4 is 17.5 Å². The predicted molar refractivity (Wildman–Crippen MR) is 59.0 cm³/mol. The average Bonchev–Trinajstić information content (AvgIpc) is 2.85. The molecule has 1 amide bonds. The van der Waals surface area contributed by atoms with Crippen molar-refractivity contribution in [1.82, 2.24) is 4.90 Å². The fourth-order valence-corrected chi connectivity index (χ4v) is 2.64. The summed E-state index contributed by atoms with van der Waals surface area (Å²) in [7, 11) is 0. The lowest BCUT2D eigenvalue weighted by molar-refractivity contribution is -0.132. The molecule has 86 valence electrons. The van der Waals surface area contributed by atoms with E-state index >= 15 is 0 Å². The van der Waals surface area contributed by atoms with Crippen LogP contribution in [0.1, 0.15) is 32.6 Å². The molecule has 0 aromatic rings. The molecule has 3 nitrogen and oxygen atoms in total. The number of hydrogen-bond donors (Lipinski definition) is 0. The zero-order valence-corrected chi connectivity index (χ0v) is 9.87. The number of nitrogens with zero attached hydrogens (tertiary/aromatic N) is 1. The van der Waals surface area contributed by atoms with Crippen LogP contribution in [0.4, 0.5) is 0 Å². The summed E-state index contributed by atoms with van der Waals surface area (Å²) >= 11 is 6.17. The summed E-state index contributed by atoms with van der Waals surface area (Å²) in [5.41, 5.74) is 0. The molecule has 3 unspecified atom stereocenters. The maximum atomic E-state index is 12.0. The largest absolute Gasteiger partial charge is 0.373 e. The van der Waals surface area contributed by atoms with E-state index in [-0.39, 0.29) is 18.1 Å². The minimum Gasteiger partial charge on any atom is -0.373 e. The van der Waals surface area contributed by atoms with Crippen LogP contribution in [-0.2, 0) is 9.53 Å². The molecule has 0 aromatic carbocycles. The highest BCUT2D eigenvalue weighted by molar-refractivity contribution is 6.31. The summed E-state index contributed by atoms with van der Waals surface area (Å²) in [6.45, 7) is 3.76. The lowest BCUT2D eigenvalue weighted by atomic mass is 10.1. The normalized spacial score (nSPS) is 33.3. The van der Waals surface area contributed by atoms with Gasteiger partial charge < -0.3 is 9.64 Å². The highest BCUT2D eigenvalue weighted by Crippen LogP contribution is 2.26. The zero-order valence-electron chi connectivity index (χ0n) is 9.12. The van der Waals surface area contributed by atoms with Crippen LogP contribution in [0.3, 0.4) is 0 Å². The number of carbonyl (C=O) groups is 1. The number of ether oxygens (including phenoxy) is 1. The van der Waals surface area contributed by atoms with Crippen LogP contribution in [-0.4, -0.2) is 41.5 Å². The number of hydrogen-bond acceptors (Lipinski definition) is 2. The van der Waals surface area contributed by atoms with Crippen molar-refractivity contribution in [3.63, 3.8) is 0 Å². The van der Waals surface area contributed by atoms with Crippen molar-refractivity contribution in [3.8, 4) is 0 Å². The van der Waals surface area contributed by atoms with Crippen molar-refractivity contribution in [2.45, 2.75) is 50.2 Å². The van der Waals surface area contributed by atoms with Crippen molar-refractivity contribution < 1.29 is 9.53 Å². The Kier molecular flexibility index (Phi) is 3.52. The van der Waals surface area contributed by atoms with E-state index in [0.717, 1.165) is 38.8 Å². The SMILES string of the molecule is CC1CCC(C(Cl)C(=O)N2CCCC2)O1. The lowest BCUT2D eigenvalue weighted by Gasteiger charge is -2.22. The van der Waals surface area contributed by atoms with Crippen LogP contribution in [0, 0.1) is 0 Å². The Bertz CT molecular complexity index is 241. The van der Waals surface area contributed by atoms with E-state index in [0.29, 0.717) is 0 Å². The quantitative estimate of drug-likeness (QED) is 0.679. The number of carbonyl (C=O) groups excluding carboxylic acids is 1. The molecule has 0 spiro atoms. The lowest BCUT2D eigenvalue weighted by Crippen LogP contribution is -2.40. The van der Waals surface area contributed by atoms with Crippen LogP contribution in [0.2, 0.25) is 0 Å². The molecule has 0 bridgehead atoms. The molecule has 2 rings (SSSR count). The minimum absolute atomic E-state index is 0.0632. The first-order valence-corrected chi connectivity index (χ1v) is 6.20. The van der Waals surface area contributed by atoms with Gasteiger partial charge in [-0.1, -0.05) is 0 Å². The fraction of sp³-hybridized carbons (Fsp3) is 0.909. The molecule has 0 aromatic heterocycles. The third kappa shape index (κ3) is 2.45. The van der Waals surface area contributed by atoms with Gasteiger partial charge in [0.05, 0.1) is 12.2 Å². The fourth-order valence-electron chi connectivity index (χ4n) is 2.32. The molecular formula is C11H18ClNO2. The number of halogens is 1. The zero-order chi connectivity index (χ0) is 10.8. The second-order valence-electron chi connectivity index (χ2n) is 4.50. The minimum atomic E-state index is -0.479. The molecule has 0 N–H and O–H groups in total. The summed E-state index contributed by atoms with van der Waals surface area (Å²) in [4.78, 5) is 13.8. The van der Waals surface area contributed by atoms with Crippen LogP contribution >= 0.6 is 11.6 Å². The summed E-state index contributed by atoms with van der Waals surface area (Å²) in [6.07, 6.45) is 4.32. The first-order chi connectivity index (χ1) is 7.18. The van der Waals surface area contributed by atoms with Gasteiger partial charge in [0.2, 0.25) is 5.91 Å². The van der Waals surface area contributed by atoms with E-state index in [4.69, 9.17) is 16.3 Å². The molecule has 2 aliphatic heterocycles. The Balaban J connectivity index is 1.89. The van der Waals surface area contributed by atoms with Gasteiger partial charge in [-0.15, -0.1) is 11.6 Å². The van der Waals surface area contributed by atoms with Gasteiger partial charge in [-0.05, 0) is 32.6 Å². The number of amides is 1. The predicted octanol–water partition coefficient (Wildman–Crippen LogP) is 1.78. The van der Waals surface area contributed by atoms with Gasteiger partial charge in [-0.2, -0.15) is 0 Å². The van der Waals surface area contributed by atoms with E-state index in [9.17, 15) is 4.79 Å². The Labute approximate surface area is 95.7 Å². The maximum Gasteiger partial charge on any atom is 0.243 e. The van der Waals surface area contributed by atoms with Crippen LogP contribution < -0.4 is 0 Å². The molecule has 3 atom stereocenters. The molecule has 4 heteroatoms. The Morgan fingerprint density at radius 3 is 2.60 bits per heavy atom. The second kappa shape index (κ2) is 4.71. The standard InChI is InChI=1S/C11H18ClNO2/c1-8-4-5-9(15-8)10(12)11(14)13-6-2-3-7-13/h8-10H,2-7H2,1H3. The van der Waals surface area contributed by atoms with Crippen molar-refractivity contribution in [3.05, 3.63) is 0 Å². The average molecular weight is 232 g/mol. The van der Waals surface area contributed by atoms with E-state index in [1.54, 1.807) is 0 Å². The van der Waals surface area contributed by atoms with Gasteiger partial charge in [-0.25, -0.2) is 0 Å². The van der Waals surface area contributed by atoms with Crippen LogP contribution in [0.25, 0.3) is 0 Å². The first-order valence-electron chi connectivity index (χ1n) is 5.77.